The number of carbonyl (C=O) groups excluding carboxylic acids is 1. The van der Waals surface area contributed by atoms with E-state index in [1.807, 2.05) is 6.92 Å². The number of aliphatic hydroxyl groups is 1. The fourth-order valence-electron chi connectivity index (χ4n) is 1.68. The summed E-state index contributed by atoms with van der Waals surface area (Å²) in [4.78, 5) is 11.2. The molecular weight excluding hydrogens is 256 g/mol. The van der Waals surface area contributed by atoms with E-state index in [0.29, 0.717) is 12.8 Å². The van der Waals surface area contributed by atoms with Crippen molar-refractivity contribution >= 4 is 11.7 Å². The molecule has 0 aliphatic carbocycles. The van der Waals surface area contributed by atoms with Gasteiger partial charge in [-0.3, -0.25) is 0 Å². The third-order valence-corrected chi connectivity index (χ3v) is 2.82. The summed E-state index contributed by atoms with van der Waals surface area (Å²) in [6.45, 7) is 1.82. The third-order valence-electron chi connectivity index (χ3n) is 2.82. The number of carbonyl (C=O) groups is 1. The first-order valence-corrected chi connectivity index (χ1v) is 5.98. The average molecular weight is 273 g/mol. The zero-order valence-electron chi connectivity index (χ0n) is 10.9. The molecule has 1 aromatic carbocycles. The van der Waals surface area contributed by atoms with Crippen molar-refractivity contribution in [1.82, 2.24) is 0 Å². The second-order valence-electron chi connectivity index (χ2n) is 4.04. The summed E-state index contributed by atoms with van der Waals surface area (Å²) in [5.41, 5.74) is -0.480. The maximum atomic E-state index is 13.8. The topological polar surface area (TPSA) is 58.6 Å². The minimum absolute atomic E-state index is 0.0366. The van der Waals surface area contributed by atoms with Crippen LogP contribution in [0.3, 0.4) is 0 Å². The third kappa shape index (κ3) is 3.64. The van der Waals surface area contributed by atoms with Crippen molar-refractivity contribution in [2.75, 3.05) is 19.0 Å². The number of aliphatic hydroxyl groups excluding tert-OH is 1. The number of rotatable bonds is 6. The van der Waals surface area contributed by atoms with Gasteiger partial charge in [0.05, 0.1) is 18.4 Å². The van der Waals surface area contributed by atoms with Crippen LogP contribution in [0.1, 0.15) is 30.1 Å². The van der Waals surface area contributed by atoms with Gasteiger partial charge in [0.15, 0.2) is 11.6 Å². The number of ether oxygens (including phenoxy) is 1. The molecule has 0 spiro atoms. The van der Waals surface area contributed by atoms with Crippen molar-refractivity contribution in [2.45, 2.75) is 25.8 Å². The van der Waals surface area contributed by atoms with Crippen molar-refractivity contribution in [3.8, 4) is 0 Å². The van der Waals surface area contributed by atoms with E-state index >= 15 is 0 Å². The minimum atomic E-state index is -1.24. The van der Waals surface area contributed by atoms with Crippen LogP contribution in [-0.2, 0) is 4.74 Å². The lowest BCUT2D eigenvalue weighted by atomic mass is 10.1. The van der Waals surface area contributed by atoms with Gasteiger partial charge in [-0.1, -0.05) is 6.92 Å². The fraction of sp³-hybridized carbons (Fsp3) is 0.462. The van der Waals surface area contributed by atoms with Gasteiger partial charge in [-0.25, -0.2) is 13.6 Å². The van der Waals surface area contributed by atoms with Crippen LogP contribution in [0.2, 0.25) is 0 Å². The molecule has 0 aliphatic heterocycles. The summed E-state index contributed by atoms with van der Waals surface area (Å²) < 4.78 is 31.8. The smallest absolute Gasteiger partial charge is 0.340 e. The Hall–Kier alpha value is -1.69. The van der Waals surface area contributed by atoms with Gasteiger partial charge in [-0.2, -0.15) is 0 Å². The number of hydrogen-bond donors (Lipinski definition) is 2. The molecule has 1 unspecified atom stereocenters. The van der Waals surface area contributed by atoms with E-state index in [4.69, 9.17) is 5.11 Å². The van der Waals surface area contributed by atoms with Gasteiger partial charge < -0.3 is 15.2 Å². The summed E-state index contributed by atoms with van der Waals surface area (Å²) in [5, 5.41) is 11.6. The number of benzene rings is 1. The summed E-state index contributed by atoms with van der Waals surface area (Å²) in [5.74, 6) is -3.29. The monoisotopic (exact) mass is 273 g/mol. The molecule has 19 heavy (non-hydrogen) atoms. The van der Waals surface area contributed by atoms with E-state index in [9.17, 15) is 13.6 Å². The molecule has 0 heterocycles. The normalized spacial score (nSPS) is 12.1. The van der Waals surface area contributed by atoms with Gasteiger partial charge in [0, 0.05) is 12.6 Å². The van der Waals surface area contributed by atoms with Crippen molar-refractivity contribution in [2.24, 2.45) is 0 Å². The highest BCUT2D eigenvalue weighted by Gasteiger charge is 2.20. The molecule has 2 N–H and O–H groups in total. The Morgan fingerprint density at radius 2 is 2.11 bits per heavy atom. The lowest BCUT2D eigenvalue weighted by molar-refractivity contribution is 0.0594. The van der Waals surface area contributed by atoms with Crippen molar-refractivity contribution < 1.29 is 23.4 Å². The van der Waals surface area contributed by atoms with Crippen molar-refractivity contribution in [3.63, 3.8) is 0 Å². The molecule has 0 aromatic heterocycles. The summed E-state index contributed by atoms with van der Waals surface area (Å²) in [6, 6.07) is 2.28. The standard InChI is InChI=1S/C13H17F2NO3/c1-3-8(6-7-17)16-10-5-4-9(13(18)19-2)11(14)12(10)15/h4-5,8,16-17H,3,6-7H2,1-2H3. The molecule has 106 valence electrons. The van der Waals surface area contributed by atoms with Crippen LogP contribution in [0.15, 0.2) is 12.1 Å². The van der Waals surface area contributed by atoms with Gasteiger partial charge in [0.25, 0.3) is 0 Å². The van der Waals surface area contributed by atoms with Crippen LogP contribution in [0, 0.1) is 11.6 Å². The lowest BCUT2D eigenvalue weighted by Crippen LogP contribution is -2.21. The second kappa shape index (κ2) is 7.04. The van der Waals surface area contributed by atoms with E-state index in [1.165, 1.54) is 6.07 Å². The first kappa shape index (κ1) is 15.4. The number of anilines is 1. The number of hydrogen-bond acceptors (Lipinski definition) is 4. The van der Waals surface area contributed by atoms with Gasteiger partial charge in [0.2, 0.25) is 0 Å². The zero-order chi connectivity index (χ0) is 14.4. The molecule has 0 amide bonds. The van der Waals surface area contributed by atoms with E-state index in [-0.39, 0.29) is 18.3 Å². The van der Waals surface area contributed by atoms with Gasteiger partial charge in [0.1, 0.15) is 0 Å². The number of methoxy groups -OCH3 is 1. The predicted octanol–water partition coefficient (Wildman–Crippen LogP) is 2.32. The molecule has 1 rings (SSSR count). The van der Waals surface area contributed by atoms with Crippen molar-refractivity contribution in [1.29, 1.82) is 0 Å². The maximum absolute atomic E-state index is 13.8. The van der Waals surface area contributed by atoms with Crippen LogP contribution >= 0.6 is 0 Å². The molecule has 0 fully saturated rings. The summed E-state index contributed by atoms with van der Waals surface area (Å²) in [6.07, 6.45) is 1.08. The van der Waals surface area contributed by atoms with Crippen LogP contribution in [0.5, 0.6) is 0 Å². The molecule has 4 nitrogen and oxygen atoms in total. The SMILES string of the molecule is CCC(CCO)Nc1ccc(C(=O)OC)c(F)c1F. The van der Waals surface area contributed by atoms with E-state index in [1.54, 1.807) is 0 Å². The Kier molecular flexibility index (Phi) is 5.69. The first-order chi connectivity index (χ1) is 9.04. The zero-order valence-corrected chi connectivity index (χ0v) is 10.9. The molecule has 0 bridgehead atoms. The van der Waals surface area contributed by atoms with Crippen LogP contribution in [0.4, 0.5) is 14.5 Å². The van der Waals surface area contributed by atoms with Gasteiger partial charge in [-0.15, -0.1) is 0 Å². The van der Waals surface area contributed by atoms with E-state index in [0.717, 1.165) is 13.2 Å². The summed E-state index contributed by atoms with van der Waals surface area (Å²) in [7, 11) is 1.10. The van der Waals surface area contributed by atoms with Crippen LogP contribution in [-0.4, -0.2) is 30.8 Å². The number of nitrogens with one attached hydrogen (secondary N) is 1. The fourth-order valence-corrected chi connectivity index (χ4v) is 1.68. The molecule has 0 aliphatic rings. The molecule has 0 saturated carbocycles. The number of esters is 1. The Labute approximate surface area is 110 Å². The predicted molar refractivity (Wildman–Crippen MR) is 67.1 cm³/mol. The Morgan fingerprint density at radius 1 is 1.42 bits per heavy atom. The summed E-state index contributed by atoms with van der Waals surface area (Å²) >= 11 is 0. The highest BCUT2D eigenvalue weighted by Crippen LogP contribution is 2.22. The van der Waals surface area contributed by atoms with Gasteiger partial charge >= 0.3 is 5.97 Å². The Bertz CT molecular complexity index is 452. The average Bonchev–Trinajstić information content (AvgIpc) is 2.42. The van der Waals surface area contributed by atoms with Crippen molar-refractivity contribution in [3.05, 3.63) is 29.3 Å². The maximum Gasteiger partial charge on any atom is 0.340 e. The lowest BCUT2D eigenvalue weighted by Gasteiger charge is -2.18. The molecule has 0 saturated heterocycles. The molecule has 0 radical (unpaired) electrons. The Balaban J connectivity index is 2.99. The molecule has 1 aromatic rings. The molecular formula is C13H17F2NO3. The molecule has 6 heteroatoms. The van der Waals surface area contributed by atoms with Crippen LogP contribution < -0.4 is 5.32 Å². The highest BCUT2D eigenvalue weighted by molar-refractivity contribution is 5.90. The Morgan fingerprint density at radius 3 is 2.63 bits per heavy atom. The quantitative estimate of drug-likeness (QED) is 0.781. The number of halogens is 2. The van der Waals surface area contributed by atoms with E-state index < -0.39 is 23.2 Å². The molecule has 1 atom stereocenters. The minimum Gasteiger partial charge on any atom is -0.465 e. The van der Waals surface area contributed by atoms with Crippen LogP contribution in [0.25, 0.3) is 0 Å². The second-order valence-corrected chi connectivity index (χ2v) is 4.04. The van der Waals surface area contributed by atoms with E-state index in [2.05, 4.69) is 10.1 Å². The highest BCUT2D eigenvalue weighted by atomic mass is 19.2. The van der Waals surface area contributed by atoms with Gasteiger partial charge in [-0.05, 0) is 25.0 Å². The first-order valence-electron chi connectivity index (χ1n) is 5.98. The largest absolute Gasteiger partial charge is 0.465 e.